The highest BCUT2D eigenvalue weighted by atomic mass is 32.2. The SMILES string of the molecule is CCCCCN1C(=O)/C(=C2/C(=O)N(CC(=O)Nc3cccc(C(F)(F)F)c3)c3ccccc32)SC1=S. The zero-order valence-electron chi connectivity index (χ0n) is 19.2. The molecule has 0 aliphatic carbocycles. The lowest BCUT2D eigenvalue weighted by Crippen LogP contribution is -2.35. The fourth-order valence-corrected chi connectivity index (χ4v) is 5.42. The molecule has 11 heteroatoms. The number of fused-ring (bicyclic) bond motifs is 1. The highest BCUT2D eigenvalue weighted by Crippen LogP contribution is 2.44. The van der Waals surface area contributed by atoms with Gasteiger partial charge in [0.15, 0.2) is 0 Å². The van der Waals surface area contributed by atoms with Gasteiger partial charge in [-0.1, -0.05) is 68.0 Å². The van der Waals surface area contributed by atoms with Crippen LogP contribution in [0.15, 0.2) is 53.4 Å². The Labute approximate surface area is 215 Å². The molecule has 0 bridgehead atoms. The number of amides is 3. The molecule has 0 aromatic heterocycles. The Morgan fingerprint density at radius 1 is 1.03 bits per heavy atom. The molecular weight excluding hydrogens is 511 g/mol. The molecule has 1 saturated heterocycles. The number of thioether (sulfide) groups is 1. The van der Waals surface area contributed by atoms with E-state index in [1.54, 1.807) is 24.3 Å². The number of thiocarbonyl (C=S) groups is 1. The number of unbranched alkanes of at least 4 members (excludes halogenated alkanes) is 2. The molecule has 0 unspecified atom stereocenters. The zero-order chi connectivity index (χ0) is 26.0. The van der Waals surface area contributed by atoms with Crippen LogP contribution in [0.4, 0.5) is 24.5 Å². The summed E-state index contributed by atoms with van der Waals surface area (Å²) >= 11 is 6.46. The maximum atomic E-state index is 13.5. The quantitative estimate of drug-likeness (QED) is 0.291. The van der Waals surface area contributed by atoms with Crippen molar-refractivity contribution in [3.8, 4) is 0 Å². The summed E-state index contributed by atoms with van der Waals surface area (Å²) in [5.41, 5.74) is 0.179. The molecule has 2 aromatic rings. The Kier molecular flexibility index (Phi) is 7.51. The van der Waals surface area contributed by atoms with E-state index in [0.717, 1.165) is 43.2 Å². The lowest BCUT2D eigenvalue weighted by Gasteiger charge is -2.17. The van der Waals surface area contributed by atoms with Crippen LogP contribution >= 0.6 is 24.0 Å². The largest absolute Gasteiger partial charge is 0.416 e. The third-order valence-corrected chi connectivity index (χ3v) is 7.21. The van der Waals surface area contributed by atoms with E-state index >= 15 is 0 Å². The van der Waals surface area contributed by atoms with Crippen molar-refractivity contribution in [3.05, 3.63) is 64.6 Å². The number of carbonyl (C=O) groups is 3. The summed E-state index contributed by atoms with van der Waals surface area (Å²) < 4.78 is 39.4. The van der Waals surface area contributed by atoms with E-state index in [0.29, 0.717) is 22.1 Å². The maximum Gasteiger partial charge on any atom is 0.416 e. The average Bonchev–Trinajstić information content (AvgIpc) is 3.26. The van der Waals surface area contributed by atoms with Crippen molar-refractivity contribution in [1.29, 1.82) is 0 Å². The Hall–Kier alpha value is -3.18. The van der Waals surface area contributed by atoms with E-state index < -0.39 is 30.1 Å². The highest BCUT2D eigenvalue weighted by molar-refractivity contribution is 8.26. The smallest absolute Gasteiger partial charge is 0.325 e. The van der Waals surface area contributed by atoms with Crippen LogP contribution in [0.3, 0.4) is 0 Å². The molecule has 1 fully saturated rings. The summed E-state index contributed by atoms with van der Waals surface area (Å²) in [5.74, 6) is -1.55. The van der Waals surface area contributed by atoms with Crippen LogP contribution in [-0.2, 0) is 20.6 Å². The van der Waals surface area contributed by atoms with Gasteiger partial charge in [-0.3, -0.25) is 24.2 Å². The third kappa shape index (κ3) is 5.17. The Bertz CT molecular complexity index is 1280. The lowest BCUT2D eigenvalue weighted by molar-refractivity contribution is -0.137. The maximum absolute atomic E-state index is 13.5. The molecule has 2 heterocycles. The normalized spacial score (nSPS) is 17.7. The van der Waals surface area contributed by atoms with Crippen LogP contribution in [0.2, 0.25) is 0 Å². The van der Waals surface area contributed by atoms with Crippen LogP contribution < -0.4 is 10.2 Å². The van der Waals surface area contributed by atoms with Gasteiger partial charge in [-0.15, -0.1) is 0 Å². The van der Waals surface area contributed by atoms with E-state index in [-0.39, 0.29) is 22.1 Å². The topological polar surface area (TPSA) is 69.7 Å². The summed E-state index contributed by atoms with van der Waals surface area (Å²) in [6, 6.07) is 11.0. The fourth-order valence-electron chi connectivity index (χ4n) is 4.04. The number of carbonyl (C=O) groups excluding carboxylic acids is 3. The molecule has 1 N–H and O–H groups in total. The van der Waals surface area contributed by atoms with Crippen molar-refractivity contribution < 1.29 is 27.6 Å². The number of para-hydroxylation sites is 1. The van der Waals surface area contributed by atoms with Crippen molar-refractivity contribution >= 4 is 63.0 Å². The fraction of sp³-hybridized carbons (Fsp3) is 0.280. The van der Waals surface area contributed by atoms with Gasteiger partial charge in [0.2, 0.25) is 5.91 Å². The lowest BCUT2D eigenvalue weighted by atomic mass is 10.1. The van der Waals surface area contributed by atoms with E-state index in [2.05, 4.69) is 12.2 Å². The molecule has 0 radical (unpaired) electrons. The first-order valence-corrected chi connectivity index (χ1v) is 12.5. The molecule has 0 atom stereocenters. The number of hydrogen-bond acceptors (Lipinski definition) is 5. The summed E-state index contributed by atoms with van der Waals surface area (Å²) in [7, 11) is 0. The number of benzene rings is 2. The third-order valence-electron chi connectivity index (χ3n) is 5.76. The van der Waals surface area contributed by atoms with Gasteiger partial charge in [0.05, 0.1) is 21.7 Å². The molecule has 4 rings (SSSR count). The van der Waals surface area contributed by atoms with Crippen molar-refractivity contribution in [2.24, 2.45) is 0 Å². The highest BCUT2D eigenvalue weighted by Gasteiger charge is 2.42. The first kappa shape index (κ1) is 25.9. The van der Waals surface area contributed by atoms with Crippen molar-refractivity contribution in [2.45, 2.75) is 32.4 Å². The van der Waals surface area contributed by atoms with Gasteiger partial charge in [0, 0.05) is 17.8 Å². The van der Waals surface area contributed by atoms with Crippen molar-refractivity contribution in [3.63, 3.8) is 0 Å². The number of alkyl halides is 3. The van der Waals surface area contributed by atoms with Crippen LogP contribution in [-0.4, -0.2) is 40.0 Å². The number of nitrogens with zero attached hydrogens (tertiary/aromatic N) is 2. The van der Waals surface area contributed by atoms with Gasteiger partial charge >= 0.3 is 6.18 Å². The molecule has 2 aliphatic rings. The van der Waals surface area contributed by atoms with Crippen LogP contribution in [0.5, 0.6) is 0 Å². The Morgan fingerprint density at radius 2 is 1.78 bits per heavy atom. The zero-order valence-corrected chi connectivity index (χ0v) is 20.9. The first-order valence-electron chi connectivity index (χ1n) is 11.3. The first-order chi connectivity index (χ1) is 17.1. The predicted octanol–water partition coefficient (Wildman–Crippen LogP) is 5.45. The van der Waals surface area contributed by atoms with Gasteiger partial charge in [-0.25, -0.2) is 0 Å². The molecule has 6 nitrogen and oxygen atoms in total. The minimum atomic E-state index is -4.55. The molecule has 2 aliphatic heterocycles. The average molecular weight is 534 g/mol. The molecular formula is C25H22F3N3O3S2. The van der Waals surface area contributed by atoms with E-state index in [1.165, 1.54) is 21.9 Å². The van der Waals surface area contributed by atoms with Gasteiger partial charge in [0.1, 0.15) is 10.9 Å². The van der Waals surface area contributed by atoms with Gasteiger partial charge in [-0.2, -0.15) is 13.2 Å². The number of hydrogen-bond donors (Lipinski definition) is 1. The summed E-state index contributed by atoms with van der Waals surface area (Å²) in [4.78, 5) is 42.3. The summed E-state index contributed by atoms with van der Waals surface area (Å²) in [6.45, 7) is 2.08. The molecule has 36 heavy (non-hydrogen) atoms. The second-order valence-corrected chi connectivity index (χ2v) is 9.92. The van der Waals surface area contributed by atoms with Crippen LogP contribution in [0.25, 0.3) is 5.57 Å². The molecule has 0 spiro atoms. The second-order valence-electron chi connectivity index (χ2n) is 8.27. The Balaban J connectivity index is 1.58. The van der Waals surface area contributed by atoms with Gasteiger partial charge in [-0.05, 0) is 30.7 Å². The van der Waals surface area contributed by atoms with E-state index in [4.69, 9.17) is 12.2 Å². The minimum absolute atomic E-state index is 0.0390. The predicted molar refractivity (Wildman–Crippen MR) is 137 cm³/mol. The summed E-state index contributed by atoms with van der Waals surface area (Å²) in [6.07, 6.45) is -1.83. The Morgan fingerprint density at radius 3 is 2.50 bits per heavy atom. The molecule has 188 valence electrons. The van der Waals surface area contributed by atoms with Crippen molar-refractivity contribution in [1.82, 2.24) is 4.90 Å². The number of rotatable bonds is 7. The van der Waals surface area contributed by atoms with E-state index in [1.807, 2.05) is 0 Å². The van der Waals surface area contributed by atoms with Crippen molar-refractivity contribution in [2.75, 3.05) is 23.3 Å². The number of halogens is 3. The second kappa shape index (κ2) is 10.4. The van der Waals surface area contributed by atoms with Gasteiger partial charge in [0.25, 0.3) is 11.8 Å². The molecule has 2 aromatic carbocycles. The number of nitrogens with one attached hydrogen (secondary N) is 1. The monoisotopic (exact) mass is 533 g/mol. The standard InChI is InChI=1S/C25H22F3N3O3S2/c1-2-3-6-12-30-23(34)21(36-24(30)35)20-17-10-4-5-11-18(17)31(22(20)33)14-19(32)29-16-9-7-8-15(13-16)25(26,27)28/h4-5,7-11,13H,2-3,6,12,14H2,1H3,(H,29,32)/b21-20-. The van der Waals surface area contributed by atoms with Crippen LogP contribution in [0.1, 0.15) is 37.3 Å². The number of anilines is 2. The van der Waals surface area contributed by atoms with Crippen LogP contribution in [0, 0.1) is 0 Å². The van der Waals surface area contributed by atoms with Gasteiger partial charge < -0.3 is 5.32 Å². The van der Waals surface area contributed by atoms with E-state index in [9.17, 15) is 27.6 Å². The summed E-state index contributed by atoms with van der Waals surface area (Å²) in [5, 5.41) is 2.42. The minimum Gasteiger partial charge on any atom is -0.325 e. The molecule has 3 amide bonds. The molecule has 0 saturated carbocycles.